The molecule has 1 heterocycles. The van der Waals surface area contributed by atoms with Crippen LogP contribution in [0, 0.1) is 17.8 Å². The van der Waals surface area contributed by atoms with Crippen LogP contribution in [0.5, 0.6) is 0 Å². The first-order valence-electron chi connectivity index (χ1n) is 11.3. The Morgan fingerprint density at radius 3 is 2.59 bits per heavy atom. The van der Waals surface area contributed by atoms with E-state index in [1.807, 2.05) is 6.07 Å². The molecule has 2 fully saturated rings. The van der Waals surface area contributed by atoms with Gasteiger partial charge in [-0.25, -0.2) is 0 Å². The molecule has 2 bridgehead atoms. The molecule has 2 aliphatic carbocycles. The molecule has 1 amide bonds. The minimum atomic E-state index is -0.165. The number of amides is 1. The summed E-state index contributed by atoms with van der Waals surface area (Å²) in [5, 5.41) is 7.55. The highest BCUT2D eigenvalue weighted by molar-refractivity contribution is 6.44. The molecule has 32 heavy (non-hydrogen) atoms. The molecule has 0 saturated heterocycles. The second-order valence-electron chi connectivity index (χ2n) is 9.33. The highest BCUT2D eigenvalue weighted by atomic mass is 35.5. The lowest BCUT2D eigenvalue weighted by molar-refractivity contribution is 0.102. The second-order valence-corrected chi connectivity index (χ2v) is 10.1. The van der Waals surface area contributed by atoms with E-state index in [2.05, 4.69) is 53.1 Å². The van der Waals surface area contributed by atoms with E-state index in [9.17, 15) is 4.79 Å². The third kappa shape index (κ3) is 3.22. The summed E-state index contributed by atoms with van der Waals surface area (Å²) in [5.74, 6) is 2.36. The number of nitrogens with one attached hydrogen (secondary N) is 2. The lowest BCUT2D eigenvalue weighted by Crippen LogP contribution is -2.35. The summed E-state index contributed by atoms with van der Waals surface area (Å²) in [7, 11) is 0. The number of rotatable bonds is 3. The highest BCUT2D eigenvalue weighted by Crippen LogP contribution is 2.63. The van der Waals surface area contributed by atoms with Crippen LogP contribution in [-0.2, 0) is 0 Å². The maximum Gasteiger partial charge on any atom is 0.255 e. The van der Waals surface area contributed by atoms with Gasteiger partial charge in [-0.3, -0.25) is 4.79 Å². The van der Waals surface area contributed by atoms with Crippen molar-refractivity contribution >= 4 is 40.5 Å². The van der Waals surface area contributed by atoms with Gasteiger partial charge in [0, 0.05) is 11.3 Å². The third-order valence-corrected chi connectivity index (χ3v) is 8.53. The van der Waals surface area contributed by atoms with E-state index in [0.717, 1.165) is 11.6 Å². The Morgan fingerprint density at radius 2 is 1.75 bits per heavy atom. The van der Waals surface area contributed by atoms with Crippen LogP contribution < -0.4 is 10.6 Å². The SMILES string of the molecule is O=C(Nc1cccc(Cl)c1Cl)c1ccc2c(c1)[C@@H]1[C@H]3CC[C@@H](C3)[C@@H]1[C@@H](c1ccccc1)N2. The van der Waals surface area contributed by atoms with E-state index in [0.29, 0.717) is 45.1 Å². The van der Waals surface area contributed by atoms with Crippen LogP contribution >= 0.6 is 23.2 Å². The normalized spacial score (nSPS) is 27.4. The molecule has 6 rings (SSSR count). The van der Waals surface area contributed by atoms with Gasteiger partial charge in [0.2, 0.25) is 0 Å². The van der Waals surface area contributed by atoms with Crippen LogP contribution in [0.25, 0.3) is 0 Å². The zero-order valence-electron chi connectivity index (χ0n) is 17.5. The molecule has 0 radical (unpaired) electrons. The predicted octanol–water partition coefficient (Wildman–Crippen LogP) is 7.54. The maximum absolute atomic E-state index is 13.1. The Hall–Kier alpha value is -2.49. The fraction of sp³-hybridized carbons (Fsp3) is 0.296. The van der Waals surface area contributed by atoms with Crippen molar-refractivity contribution in [2.45, 2.75) is 31.2 Å². The number of fused-ring (bicyclic) bond motifs is 7. The van der Waals surface area contributed by atoms with Gasteiger partial charge in [0.1, 0.15) is 0 Å². The molecular formula is C27H24Cl2N2O. The van der Waals surface area contributed by atoms with Crippen molar-refractivity contribution in [1.82, 2.24) is 0 Å². The van der Waals surface area contributed by atoms with E-state index < -0.39 is 0 Å². The first kappa shape index (κ1) is 20.1. The van der Waals surface area contributed by atoms with Gasteiger partial charge < -0.3 is 10.6 Å². The van der Waals surface area contributed by atoms with E-state index >= 15 is 0 Å². The molecule has 2 N–H and O–H groups in total. The van der Waals surface area contributed by atoms with Gasteiger partial charge in [-0.15, -0.1) is 0 Å². The van der Waals surface area contributed by atoms with Crippen molar-refractivity contribution in [3.63, 3.8) is 0 Å². The average molecular weight is 463 g/mol. The largest absolute Gasteiger partial charge is 0.378 e. The monoisotopic (exact) mass is 462 g/mol. The quantitative estimate of drug-likeness (QED) is 0.421. The average Bonchev–Trinajstić information content (AvgIpc) is 3.44. The van der Waals surface area contributed by atoms with Crippen LogP contribution in [0.4, 0.5) is 11.4 Å². The van der Waals surface area contributed by atoms with Crippen LogP contribution in [0.1, 0.15) is 52.7 Å². The Kier molecular flexibility index (Phi) is 4.93. The van der Waals surface area contributed by atoms with E-state index in [-0.39, 0.29) is 5.91 Å². The van der Waals surface area contributed by atoms with Gasteiger partial charge in [0.25, 0.3) is 5.91 Å². The molecule has 2 saturated carbocycles. The van der Waals surface area contributed by atoms with Gasteiger partial charge in [-0.05, 0) is 84.4 Å². The summed E-state index contributed by atoms with van der Waals surface area (Å²) in [6.45, 7) is 0. The van der Waals surface area contributed by atoms with Crippen molar-refractivity contribution in [2.75, 3.05) is 10.6 Å². The number of hydrogen-bond donors (Lipinski definition) is 2. The summed E-state index contributed by atoms with van der Waals surface area (Å²) in [4.78, 5) is 13.1. The molecule has 0 aromatic heterocycles. The lowest BCUT2D eigenvalue weighted by atomic mass is 9.68. The van der Waals surface area contributed by atoms with E-state index in [1.54, 1.807) is 18.2 Å². The zero-order chi connectivity index (χ0) is 21.8. The van der Waals surface area contributed by atoms with Crippen molar-refractivity contribution in [3.8, 4) is 0 Å². The number of anilines is 2. The zero-order valence-corrected chi connectivity index (χ0v) is 19.0. The van der Waals surface area contributed by atoms with Crippen LogP contribution in [-0.4, -0.2) is 5.91 Å². The molecule has 5 heteroatoms. The van der Waals surface area contributed by atoms with Crippen LogP contribution in [0.15, 0.2) is 66.7 Å². The molecule has 3 aromatic rings. The fourth-order valence-corrected chi connectivity index (χ4v) is 6.76. The fourth-order valence-electron chi connectivity index (χ4n) is 6.41. The number of carbonyl (C=O) groups excluding carboxylic acids is 1. The topological polar surface area (TPSA) is 41.1 Å². The van der Waals surface area contributed by atoms with E-state index in [1.165, 1.54) is 30.4 Å². The summed E-state index contributed by atoms with van der Waals surface area (Å²) in [6, 6.07) is 22.5. The van der Waals surface area contributed by atoms with Crippen molar-refractivity contribution < 1.29 is 4.79 Å². The molecule has 0 spiro atoms. The first-order valence-corrected chi connectivity index (χ1v) is 12.1. The Labute approximate surface area is 198 Å². The highest BCUT2D eigenvalue weighted by Gasteiger charge is 2.53. The minimum Gasteiger partial charge on any atom is -0.378 e. The number of hydrogen-bond acceptors (Lipinski definition) is 2. The van der Waals surface area contributed by atoms with E-state index in [4.69, 9.17) is 23.2 Å². The van der Waals surface area contributed by atoms with Crippen molar-refractivity contribution in [3.05, 3.63) is 93.5 Å². The summed E-state index contributed by atoms with van der Waals surface area (Å²) in [6.07, 6.45) is 3.91. The molecule has 3 nitrogen and oxygen atoms in total. The van der Waals surface area contributed by atoms with Crippen LogP contribution in [0.3, 0.4) is 0 Å². The molecule has 5 atom stereocenters. The van der Waals surface area contributed by atoms with Gasteiger partial charge in [-0.1, -0.05) is 59.6 Å². The van der Waals surface area contributed by atoms with Gasteiger partial charge in [-0.2, -0.15) is 0 Å². The number of carbonyl (C=O) groups is 1. The molecule has 162 valence electrons. The predicted molar refractivity (Wildman–Crippen MR) is 131 cm³/mol. The van der Waals surface area contributed by atoms with Crippen molar-refractivity contribution in [1.29, 1.82) is 0 Å². The number of halogens is 2. The van der Waals surface area contributed by atoms with Crippen molar-refractivity contribution in [2.24, 2.45) is 17.8 Å². The summed E-state index contributed by atoms with van der Waals surface area (Å²) < 4.78 is 0. The van der Waals surface area contributed by atoms with Crippen LogP contribution in [0.2, 0.25) is 10.0 Å². The molecule has 3 aromatic carbocycles. The lowest BCUT2D eigenvalue weighted by Gasteiger charge is -2.43. The Morgan fingerprint density at radius 1 is 0.938 bits per heavy atom. The Balaban J connectivity index is 1.35. The number of benzene rings is 3. The third-order valence-electron chi connectivity index (χ3n) is 7.71. The minimum absolute atomic E-state index is 0.165. The second kappa shape index (κ2) is 7.83. The standard InChI is InChI=1S/C27H24Cl2N2O/c28-20-7-4-8-22(25(20)29)31-27(32)18-11-12-21-19(14-18)23-16-9-10-17(13-16)24(23)26(30-21)15-5-2-1-3-6-15/h1-8,11-12,14,16-17,23-24,26,30H,9-10,13H2,(H,31,32)/t16-,17-,23-,24-,26+/m0/s1. The Bertz CT molecular complexity index is 1200. The first-order chi connectivity index (χ1) is 15.6. The summed E-state index contributed by atoms with van der Waals surface area (Å²) in [5.41, 5.74) is 4.99. The maximum atomic E-state index is 13.1. The van der Waals surface area contributed by atoms with Gasteiger partial charge in [0.15, 0.2) is 0 Å². The van der Waals surface area contributed by atoms with Gasteiger partial charge >= 0.3 is 0 Å². The summed E-state index contributed by atoms with van der Waals surface area (Å²) >= 11 is 12.4. The molecule has 1 aliphatic heterocycles. The molecular weight excluding hydrogens is 439 g/mol. The molecule has 3 aliphatic rings. The smallest absolute Gasteiger partial charge is 0.255 e. The molecule has 0 unspecified atom stereocenters. The van der Waals surface area contributed by atoms with Gasteiger partial charge in [0.05, 0.1) is 21.8 Å².